The van der Waals surface area contributed by atoms with Gasteiger partial charge in [0.15, 0.2) is 0 Å². The van der Waals surface area contributed by atoms with Crippen molar-refractivity contribution in [2.75, 3.05) is 26.7 Å². The minimum Gasteiger partial charge on any atom is -0.497 e. The highest BCUT2D eigenvalue weighted by Gasteiger charge is 2.42. The molecule has 0 bridgehead atoms. The standard InChI is InChI=1S/C27H33N5O4/c1-36-21-10-8-19(9-11-21)18-27(14-4-5-15-28-24(27)33)30-26(35)31-16-12-20(13-17-31)32-23-7-3-2-6-22(23)29-25(32)34/h2-3,6-11,20H,4-5,12-18H2,1H3,(H,28,33)(H,29,34)(H,30,35). The molecule has 2 aliphatic heterocycles. The fraction of sp³-hybridized carbons (Fsp3) is 0.444. The minimum absolute atomic E-state index is 0.0205. The van der Waals surface area contributed by atoms with E-state index in [0.717, 1.165) is 35.2 Å². The summed E-state index contributed by atoms with van der Waals surface area (Å²) in [5.41, 5.74) is 1.55. The van der Waals surface area contributed by atoms with Crippen molar-refractivity contribution in [1.82, 2.24) is 25.1 Å². The monoisotopic (exact) mass is 491 g/mol. The number of carbonyl (C=O) groups is 2. The zero-order valence-electron chi connectivity index (χ0n) is 20.6. The van der Waals surface area contributed by atoms with Crippen LogP contribution in [0.25, 0.3) is 11.0 Å². The molecule has 1 unspecified atom stereocenters. The highest BCUT2D eigenvalue weighted by Crippen LogP contribution is 2.28. The number of ether oxygens (including phenoxy) is 1. The number of imidazole rings is 1. The number of aromatic amines is 1. The Bertz CT molecular complexity index is 1290. The van der Waals surface area contributed by atoms with E-state index in [2.05, 4.69) is 15.6 Å². The summed E-state index contributed by atoms with van der Waals surface area (Å²) in [6, 6.07) is 15.1. The van der Waals surface area contributed by atoms with Crippen molar-refractivity contribution in [2.24, 2.45) is 0 Å². The van der Waals surface area contributed by atoms with Crippen LogP contribution in [0.4, 0.5) is 4.79 Å². The number of likely N-dealkylation sites (tertiary alicyclic amines) is 1. The average Bonchev–Trinajstić information content (AvgIpc) is 3.14. The van der Waals surface area contributed by atoms with Crippen LogP contribution in [0, 0.1) is 0 Å². The van der Waals surface area contributed by atoms with Gasteiger partial charge in [0, 0.05) is 32.1 Å². The van der Waals surface area contributed by atoms with Gasteiger partial charge in [0.2, 0.25) is 5.91 Å². The summed E-state index contributed by atoms with van der Waals surface area (Å²) in [5.74, 6) is 0.615. The molecule has 190 valence electrons. The van der Waals surface area contributed by atoms with Gasteiger partial charge in [-0.05, 0) is 61.9 Å². The Labute approximate surface area is 209 Å². The number of methoxy groups -OCH3 is 1. The first kappa shape index (κ1) is 24.0. The number of urea groups is 1. The largest absolute Gasteiger partial charge is 0.497 e. The van der Waals surface area contributed by atoms with Crippen LogP contribution in [0.2, 0.25) is 0 Å². The zero-order chi connectivity index (χ0) is 25.1. The lowest BCUT2D eigenvalue weighted by molar-refractivity contribution is -0.127. The van der Waals surface area contributed by atoms with Gasteiger partial charge in [-0.15, -0.1) is 0 Å². The fourth-order valence-corrected chi connectivity index (χ4v) is 5.51. The number of para-hydroxylation sites is 2. The van der Waals surface area contributed by atoms with Crippen LogP contribution in [-0.2, 0) is 11.2 Å². The Balaban J connectivity index is 1.30. The normalized spacial score (nSPS) is 21.1. The first-order valence-corrected chi connectivity index (χ1v) is 12.7. The first-order valence-electron chi connectivity index (χ1n) is 12.7. The van der Waals surface area contributed by atoms with Gasteiger partial charge < -0.3 is 25.3 Å². The Kier molecular flexibility index (Phi) is 6.71. The maximum atomic E-state index is 13.4. The van der Waals surface area contributed by atoms with Crippen molar-refractivity contribution in [3.8, 4) is 5.75 Å². The van der Waals surface area contributed by atoms with Crippen LogP contribution in [-0.4, -0.2) is 58.7 Å². The molecule has 2 fully saturated rings. The van der Waals surface area contributed by atoms with Crippen molar-refractivity contribution in [3.63, 3.8) is 0 Å². The number of nitrogens with one attached hydrogen (secondary N) is 3. The molecular formula is C27H33N5O4. The van der Waals surface area contributed by atoms with Crippen LogP contribution in [0.1, 0.15) is 43.7 Å². The van der Waals surface area contributed by atoms with Crippen LogP contribution >= 0.6 is 0 Å². The SMILES string of the molecule is COc1ccc(CC2(NC(=O)N3CCC(n4c(=O)[nH]c5ccccc54)CC3)CCCCNC2=O)cc1. The summed E-state index contributed by atoms with van der Waals surface area (Å²) >= 11 is 0. The number of hydrogen-bond donors (Lipinski definition) is 3. The van der Waals surface area contributed by atoms with Gasteiger partial charge in [0.25, 0.3) is 0 Å². The molecule has 1 aromatic heterocycles. The van der Waals surface area contributed by atoms with E-state index in [0.29, 0.717) is 45.3 Å². The molecule has 9 heteroatoms. The van der Waals surface area contributed by atoms with E-state index >= 15 is 0 Å². The number of nitrogens with zero attached hydrogens (tertiary/aromatic N) is 2. The number of hydrogen-bond acceptors (Lipinski definition) is 4. The van der Waals surface area contributed by atoms with Gasteiger partial charge in [-0.3, -0.25) is 9.36 Å². The smallest absolute Gasteiger partial charge is 0.326 e. The molecule has 2 aliphatic rings. The second-order valence-electron chi connectivity index (χ2n) is 9.79. The highest BCUT2D eigenvalue weighted by molar-refractivity contribution is 5.91. The predicted octanol–water partition coefficient (Wildman–Crippen LogP) is 2.97. The summed E-state index contributed by atoms with van der Waals surface area (Å²) in [7, 11) is 1.62. The summed E-state index contributed by atoms with van der Waals surface area (Å²) in [5, 5.41) is 6.13. The molecule has 3 amide bonds. The number of rotatable bonds is 5. The number of carbonyl (C=O) groups excluding carboxylic acids is 2. The zero-order valence-corrected chi connectivity index (χ0v) is 20.6. The first-order chi connectivity index (χ1) is 17.5. The summed E-state index contributed by atoms with van der Waals surface area (Å²) in [6.07, 6.45) is 4.07. The molecule has 5 rings (SSSR count). The molecule has 36 heavy (non-hydrogen) atoms. The number of H-pyrrole nitrogens is 1. The Hall–Kier alpha value is -3.75. The molecule has 9 nitrogen and oxygen atoms in total. The predicted molar refractivity (Wildman–Crippen MR) is 137 cm³/mol. The molecule has 1 atom stereocenters. The Morgan fingerprint density at radius 1 is 1.08 bits per heavy atom. The van der Waals surface area contributed by atoms with Gasteiger partial charge in [-0.2, -0.15) is 0 Å². The summed E-state index contributed by atoms with van der Waals surface area (Å²) in [6.45, 7) is 1.65. The number of amides is 3. The van der Waals surface area contributed by atoms with Crippen molar-refractivity contribution in [1.29, 1.82) is 0 Å². The number of fused-ring (bicyclic) bond motifs is 1. The number of benzene rings is 2. The Morgan fingerprint density at radius 3 is 2.58 bits per heavy atom. The fourth-order valence-electron chi connectivity index (χ4n) is 5.51. The van der Waals surface area contributed by atoms with Crippen LogP contribution in [0.15, 0.2) is 53.3 Å². The van der Waals surface area contributed by atoms with E-state index < -0.39 is 5.54 Å². The van der Waals surface area contributed by atoms with Gasteiger partial charge in [-0.25, -0.2) is 9.59 Å². The van der Waals surface area contributed by atoms with Gasteiger partial charge in [-0.1, -0.05) is 24.3 Å². The maximum Gasteiger partial charge on any atom is 0.326 e. The Morgan fingerprint density at radius 2 is 1.83 bits per heavy atom. The second kappa shape index (κ2) is 10.1. The molecular weight excluding hydrogens is 458 g/mol. The topological polar surface area (TPSA) is 108 Å². The average molecular weight is 492 g/mol. The number of piperidine rings is 1. The van der Waals surface area contributed by atoms with Crippen molar-refractivity contribution >= 4 is 23.0 Å². The highest BCUT2D eigenvalue weighted by atomic mass is 16.5. The van der Waals surface area contributed by atoms with E-state index in [-0.39, 0.29) is 23.7 Å². The molecule has 3 aromatic rings. The minimum atomic E-state index is -1.01. The molecule has 3 heterocycles. The van der Waals surface area contributed by atoms with Crippen LogP contribution in [0.3, 0.4) is 0 Å². The second-order valence-corrected chi connectivity index (χ2v) is 9.79. The van der Waals surface area contributed by atoms with Gasteiger partial charge in [0.05, 0.1) is 18.1 Å². The van der Waals surface area contributed by atoms with Crippen LogP contribution < -0.4 is 21.1 Å². The molecule has 2 aromatic carbocycles. The quantitative estimate of drug-likeness (QED) is 0.510. The molecule has 2 saturated heterocycles. The molecule has 0 radical (unpaired) electrons. The van der Waals surface area contributed by atoms with Crippen molar-refractivity contribution < 1.29 is 14.3 Å². The van der Waals surface area contributed by atoms with E-state index in [1.165, 1.54) is 0 Å². The third-order valence-electron chi connectivity index (χ3n) is 7.50. The summed E-state index contributed by atoms with van der Waals surface area (Å²) in [4.78, 5) is 44.0. The third-order valence-corrected chi connectivity index (χ3v) is 7.50. The maximum absolute atomic E-state index is 13.4. The molecule has 0 aliphatic carbocycles. The lowest BCUT2D eigenvalue weighted by Gasteiger charge is -2.37. The molecule has 3 N–H and O–H groups in total. The van der Waals surface area contributed by atoms with E-state index in [1.807, 2.05) is 53.1 Å². The van der Waals surface area contributed by atoms with Crippen LogP contribution in [0.5, 0.6) is 5.75 Å². The van der Waals surface area contributed by atoms with Gasteiger partial charge >= 0.3 is 11.7 Å². The van der Waals surface area contributed by atoms with Crippen molar-refractivity contribution in [3.05, 3.63) is 64.6 Å². The summed E-state index contributed by atoms with van der Waals surface area (Å²) < 4.78 is 7.07. The molecule has 0 spiro atoms. The van der Waals surface area contributed by atoms with Gasteiger partial charge in [0.1, 0.15) is 11.3 Å². The lowest BCUT2D eigenvalue weighted by atomic mass is 9.85. The van der Waals surface area contributed by atoms with E-state index in [4.69, 9.17) is 4.74 Å². The number of aromatic nitrogens is 2. The lowest BCUT2D eigenvalue weighted by Crippen LogP contribution is -2.62. The van der Waals surface area contributed by atoms with Crippen molar-refractivity contribution in [2.45, 2.75) is 50.1 Å². The third kappa shape index (κ3) is 4.69. The van der Waals surface area contributed by atoms with E-state index in [1.54, 1.807) is 12.0 Å². The molecule has 0 saturated carbocycles. The van der Waals surface area contributed by atoms with E-state index in [9.17, 15) is 14.4 Å².